The maximum absolute atomic E-state index is 12.5. The molecule has 1 aliphatic heterocycles. The summed E-state index contributed by atoms with van der Waals surface area (Å²) in [7, 11) is 0. The zero-order valence-electron chi connectivity index (χ0n) is 12.9. The number of halogens is 1. The highest BCUT2D eigenvalue weighted by Gasteiger charge is 2.22. The fraction of sp³-hybridized carbons (Fsp3) is 0.500. The number of rotatable bonds is 4. The van der Waals surface area contributed by atoms with E-state index in [1.165, 1.54) is 0 Å². The average molecular weight is 326 g/mol. The van der Waals surface area contributed by atoms with E-state index in [0.717, 1.165) is 25.9 Å². The quantitative estimate of drug-likeness (QED) is 0.891. The Balaban J connectivity index is 0.00000242. The first-order valence-corrected chi connectivity index (χ1v) is 7.53. The van der Waals surface area contributed by atoms with Gasteiger partial charge in [-0.15, -0.1) is 12.4 Å². The number of nitrogens with two attached hydrogens (primary N) is 1. The van der Waals surface area contributed by atoms with Gasteiger partial charge in [-0.2, -0.15) is 0 Å². The number of anilines is 1. The van der Waals surface area contributed by atoms with Gasteiger partial charge in [0.05, 0.1) is 0 Å². The molecule has 6 heteroatoms. The second-order valence-electron chi connectivity index (χ2n) is 5.45. The number of carbonyl (C=O) groups excluding carboxylic acids is 2. The summed E-state index contributed by atoms with van der Waals surface area (Å²) < 4.78 is 0. The Morgan fingerprint density at radius 2 is 2.00 bits per heavy atom. The predicted octanol–water partition coefficient (Wildman–Crippen LogP) is 2.27. The molecule has 1 fully saturated rings. The Bertz CT molecular complexity index is 514. The molecule has 22 heavy (non-hydrogen) atoms. The molecule has 1 aliphatic rings. The third kappa shape index (κ3) is 4.71. The van der Waals surface area contributed by atoms with Crippen molar-refractivity contribution in [2.75, 3.05) is 25.0 Å². The molecule has 1 heterocycles. The van der Waals surface area contributed by atoms with Crippen molar-refractivity contribution in [3.8, 4) is 0 Å². The van der Waals surface area contributed by atoms with E-state index in [9.17, 15) is 9.59 Å². The summed E-state index contributed by atoms with van der Waals surface area (Å²) in [5.74, 6) is 0.505. The van der Waals surface area contributed by atoms with E-state index in [1.54, 1.807) is 31.2 Å². The van der Waals surface area contributed by atoms with Crippen molar-refractivity contribution < 1.29 is 9.59 Å². The third-order valence-electron chi connectivity index (χ3n) is 3.95. The largest absolute Gasteiger partial charge is 0.339 e. The van der Waals surface area contributed by atoms with E-state index in [4.69, 9.17) is 5.73 Å². The SMILES string of the molecule is CCC(=O)Nc1cccc(C(=O)N2CCC(CN)CC2)c1.Cl. The minimum atomic E-state index is -0.0524. The minimum absolute atomic E-state index is 0. The maximum Gasteiger partial charge on any atom is 0.253 e. The summed E-state index contributed by atoms with van der Waals surface area (Å²) in [4.78, 5) is 25.8. The van der Waals surface area contributed by atoms with Crippen molar-refractivity contribution in [2.24, 2.45) is 11.7 Å². The lowest BCUT2D eigenvalue weighted by molar-refractivity contribution is -0.115. The normalized spacial score (nSPS) is 15.1. The number of nitrogens with one attached hydrogen (secondary N) is 1. The van der Waals surface area contributed by atoms with Gasteiger partial charge < -0.3 is 16.0 Å². The second kappa shape index (κ2) is 8.76. The van der Waals surface area contributed by atoms with Gasteiger partial charge in [-0.1, -0.05) is 13.0 Å². The molecule has 1 saturated heterocycles. The van der Waals surface area contributed by atoms with Crippen LogP contribution in [0.2, 0.25) is 0 Å². The minimum Gasteiger partial charge on any atom is -0.339 e. The highest BCUT2D eigenvalue weighted by Crippen LogP contribution is 2.19. The van der Waals surface area contributed by atoms with Crippen molar-refractivity contribution in [2.45, 2.75) is 26.2 Å². The standard InChI is InChI=1S/C16H23N3O2.ClH/c1-2-15(20)18-14-5-3-4-13(10-14)16(21)19-8-6-12(11-17)7-9-19;/h3-5,10,12H,2,6-9,11,17H2,1H3,(H,18,20);1H. The van der Waals surface area contributed by atoms with Crippen LogP contribution in [0.25, 0.3) is 0 Å². The van der Waals surface area contributed by atoms with Crippen LogP contribution in [0.4, 0.5) is 5.69 Å². The summed E-state index contributed by atoms with van der Waals surface area (Å²) in [6.45, 7) is 4.00. The van der Waals surface area contributed by atoms with Crippen molar-refractivity contribution >= 4 is 29.9 Å². The van der Waals surface area contributed by atoms with Crippen LogP contribution in [0.1, 0.15) is 36.5 Å². The first-order chi connectivity index (χ1) is 10.1. The lowest BCUT2D eigenvalue weighted by Crippen LogP contribution is -2.40. The lowest BCUT2D eigenvalue weighted by atomic mass is 9.96. The molecule has 0 atom stereocenters. The van der Waals surface area contributed by atoms with Gasteiger partial charge in [0.1, 0.15) is 0 Å². The zero-order chi connectivity index (χ0) is 15.2. The molecule has 0 bridgehead atoms. The summed E-state index contributed by atoms with van der Waals surface area (Å²) in [6.07, 6.45) is 2.35. The molecule has 0 saturated carbocycles. The molecule has 2 amide bonds. The topological polar surface area (TPSA) is 75.4 Å². The summed E-state index contributed by atoms with van der Waals surface area (Å²) in [5, 5.41) is 2.78. The average Bonchev–Trinajstić information content (AvgIpc) is 2.54. The second-order valence-corrected chi connectivity index (χ2v) is 5.45. The van der Waals surface area contributed by atoms with Crippen LogP contribution in [0.5, 0.6) is 0 Å². The molecule has 0 spiro atoms. The molecule has 0 aromatic heterocycles. The molecule has 5 nitrogen and oxygen atoms in total. The molecule has 0 radical (unpaired) electrons. The smallest absolute Gasteiger partial charge is 0.253 e. The summed E-state index contributed by atoms with van der Waals surface area (Å²) in [6, 6.07) is 7.13. The first kappa shape index (κ1) is 18.5. The monoisotopic (exact) mass is 325 g/mol. The fourth-order valence-electron chi connectivity index (χ4n) is 2.53. The number of piperidine rings is 1. The van der Waals surface area contributed by atoms with E-state index < -0.39 is 0 Å². The number of amides is 2. The van der Waals surface area contributed by atoms with Crippen molar-refractivity contribution in [3.63, 3.8) is 0 Å². The van der Waals surface area contributed by atoms with Crippen molar-refractivity contribution in [1.82, 2.24) is 4.90 Å². The van der Waals surface area contributed by atoms with E-state index >= 15 is 0 Å². The molecule has 0 unspecified atom stereocenters. The predicted molar refractivity (Wildman–Crippen MR) is 90.3 cm³/mol. The molecule has 2 rings (SSSR count). The van der Waals surface area contributed by atoms with Crippen LogP contribution in [0, 0.1) is 5.92 Å². The molecule has 0 aliphatic carbocycles. The van der Waals surface area contributed by atoms with Gasteiger partial charge in [0.25, 0.3) is 5.91 Å². The van der Waals surface area contributed by atoms with E-state index in [2.05, 4.69) is 5.32 Å². The van der Waals surface area contributed by atoms with Crippen LogP contribution in [-0.4, -0.2) is 36.3 Å². The van der Waals surface area contributed by atoms with E-state index in [1.807, 2.05) is 4.90 Å². The Morgan fingerprint density at radius 3 is 2.59 bits per heavy atom. The summed E-state index contributed by atoms with van der Waals surface area (Å²) in [5.41, 5.74) is 6.96. The molecule has 122 valence electrons. The highest BCUT2D eigenvalue weighted by molar-refractivity contribution is 5.97. The zero-order valence-corrected chi connectivity index (χ0v) is 13.7. The molecular formula is C16H24ClN3O2. The number of likely N-dealkylation sites (tertiary alicyclic amines) is 1. The highest BCUT2D eigenvalue weighted by atomic mass is 35.5. The number of hydrogen-bond donors (Lipinski definition) is 2. The molecular weight excluding hydrogens is 302 g/mol. The van der Waals surface area contributed by atoms with Gasteiger partial charge in [0.15, 0.2) is 0 Å². The van der Waals surface area contributed by atoms with Gasteiger partial charge in [-0.25, -0.2) is 0 Å². The van der Waals surface area contributed by atoms with E-state index in [0.29, 0.717) is 30.1 Å². The molecule has 1 aromatic rings. The van der Waals surface area contributed by atoms with Crippen molar-refractivity contribution in [1.29, 1.82) is 0 Å². The Morgan fingerprint density at radius 1 is 1.32 bits per heavy atom. The van der Waals surface area contributed by atoms with E-state index in [-0.39, 0.29) is 24.2 Å². The Hall–Kier alpha value is -1.59. The fourth-order valence-corrected chi connectivity index (χ4v) is 2.53. The molecule has 3 N–H and O–H groups in total. The number of nitrogens with zero attached hydrogens (tertiary/aromatic N) is 1. The number of benzene rings is 1. The van der Waals surface area contributed by atoms with Crippen LogP contribution in [-0.2, 0) is 4.79 Å². The molecule has 1 aromatic carbocycles. The van der Waals surface area contributed by atoms with Gasteiger partial charge in [0.2, 0.25) is 5.91 Å². The van der Waals surface area contributed by atoms with Gasteiger partial charge in [0, 0.05) is 30.8 Å². The van der Waals surface area contributed by atoms with Gasteiger partial charge >= 0.3 is 0 Å². The van der Waals surface area contributed by atoms with Crippen LogP contribution >= 0.6 is 12.4 Å². The Kier molecular flexibility index (Phi) is 7.35. The van der Waals surface area contributed by atoms with Gasteiger partial charge in [-0.05, 0) is 43.5 Å². The van der Waals surface area contributed by atoms with Crippen LogP contribution < -0.4 is 11.1 Å². The Labute approximate surface area is 137 Å². The lowest BCUT2D eigenvalue weighted by Gasteiger charge is -2.31. The van der Waals surface area contributed by atoms with Crippen molar-refractivity contribution in [3.05, 3.63) is 29.8 Å². The maximum atomic E-state index is 12.5. The first-order valence-electron chi connectivity index (χ1n) is 7.53. The number of hydrogen-bond acceptors (Lipinski definition) is 3. The third-order valence-corrected chi connectivity index (χ3v) is 3.95. The van der Waals surface area contributed by atoms with Crippen LogP contribution in [0.3, 0.4) is 0 Å². The van der Waals surface area contributed by atoms with Crippen LogP contribution in [0.15, 0.2) is 24.3 Å². The van der Waals surface area contributed by atoms with Gasteiger partial charge in [-0.3, -0.25) is 9.59 Å². The summed E-state index contributed by atoms with van der Waals surface area (Å²) >= 11 is 0. The number of carbonyl (C=O) groups is 2.